The minimum atomic E-state index is -0.578. The normalized spacial score (nSPS) is 11.1. The lowest BCUT2D eigenvalue weighted by Gasteiger charge is -2.19. The molecule has 31 heavy (non-hydrogen) atoms. The zero-order chi connectivity index (χ0) is 22.1. The van der Waals surface area contributed by atoms with Crippen LogP contribution in [0.2, 0.25) is 0 Å². The lowest BCUT2D eigenvalue weighted by Crippen LogP contribution is -2.42. The summed E-state index contributed by atoms with van der Waals surface area (Å²) < 4.78 is 16.0. The van der Waals surface area contributed by atoms with Gasteiger partial charge in [0.25, 0.3) is 5.56 Å². The fourth-order valence-corrected chi connectivity index (χ4v) is 4.26. The van der Waals surface area contributed by atoms with Crippen LogP contribution in [0, 0.1) is 12.7 Å². The van der Waals surface area contributed by atoms with Crippen molar-refractivity contribution >= 4 is 33.1 Å². The van der Waals surface area contributed by atoms with Gasteiger partial charge in [0.15, 0.2) is 0 Å². The molecule has 0 atom stereocenters. The SMILES string of the molecule is Cc1cccc(N(C)C(=O)Cn2c(=O)n(Cc3ccc(F)cc3)c(=O)c3sccc32)c1. The van der Waals surface area contributed by atoms with Crippen molar-refractivity contribution in [3.05, 3.63) is 97.8 Å². The topological polar surface area (TPSA) is 64.3 Å². The van der Waals surface area contributed by atoms with E-state index in [0.29, 0.717) is 15.8 Å². The second-order valence-corrected chi connectivity index (χ2v) is 8.23. The van der Waals surface area contributed by atoms with Crippen molar-refractivity contribution in [2.24, 2.45) is 0 Å². The van der Waals surface area contributed by atoms with Gasteiger partial charge in [0.2, 0.25) is 5.91 Å². The largest absolute Gasteiger partial charge is 0.332 e. The van der Waals surface area contributed by atoms with Gasteiger partial charge in [-0.15, -0.1) is 11.3 Å². The molecule has 0 fully saturated rings. The molecule has 8 heteroatoms. The van der Waals surface area contributed by atoms with Gasteiger partial charge in [0.05, 0.1) is 12.1 Å². The average Bonchev–Trinajstić information content (AvgIpc) is 3.25. The minimum Gasteiger partial charge on any atom is -0.314 e. The number of amides is 1. The molecule has 0 unspecified atom stereocenters. The molecule has 0 aliphatic rings. The number of thiophene rings is 1. The van der Waals surface area contributed by atoms with Gasteiger partial charge in [-0.3, -0.25) is 18.7 Å². The first-order valence-corrected chi connectivity index (χ1v) is 10.5. The van der Waals surface area contributed by atoms with Gasteiger partial charge in [0.1, 0.15) is 17.1 Å². The van der Waals surface area contributed by atoms with Gasteiger partial charge in [-0.25, -0.2) is 9.18 Å². The van der Waals surface area contributed by atoms with Crippen molar-refractivity contribution < 1.29 is 9.18 Å². The highest BCUT2D eigenvalue weighted by Crippen LogP contribution is 2.18. The summed E-state index contributed by atoms with van der Waals surface area (Å²) in [5.41, 5.74) is 1.79. The van der Waals surface area contributed by atoms with Crippen LogP contribution in [-0.2, 0) is 17.9 Å². The first kappa shape index (κ1) is 20.7. The van der Waals surface area contributed by atoms with Crippen molar-refractivity contribution in [3.8, 4) is 0 Å². The van der Waals surface area contributed by atoms with Crippen LogP contribution < -0.4 is 16.1 Å². The number of carbonyl (C=O) groups is 1. The number of hydrogen-bond acceptors (Lipinski definition) is 4. The van der Waals surface area contributed by atoms with Crippen LogP contribution in [0.3, 0.4) is 0 Å². The summed E-state index contributed by atoms with van der Waals surface area (Å²) in [6.45, 7) is 1.72. The number of aryl methyl sites for hydroxylation is 1. The smallest absolute Gasteiger partial charge is 0.314 e. The van der Waals surface area contributed by atoms with Gasteiger partial charge in [-0.2, -0.15) is 0 Å². The van der Waals surface area contributed by atoms with Crippen molar-refractivity contribution in [1.82, 2.24) is 9.13 Å². The third-order valence-electron chi connectivity index (χ3n) is 5.15. The molecule has 0 N–H and O–H groups in total. The molecule has 0 aliphatic heterocycles. The molecular formula is C23H20FN3O3S. The van der Waals surface area contributed by atoms with E-state index in [1.807, 2.05) is 31.2 Å². The zero-order valence-corrected chi connectivity index (χ0v) is 17.9. The van der Waals surface area contributed by atoms with E-state index in [2.05, 4.69) is 0 Å². The lowest BCUT2D eigenvalue weighted by molar-refractivity contribution is -0.118. The maximum absolute atomic E-state index is 13.2. The Labute approximate surface area is 181 Å². The molecule has 2 aromatic carbocycles. The van der Waals surface area contributed by atoms with Crippen LogP contribution in [-0.4, -0.2) is 22.1 Å². The van der Waals surface area contributed by atoms with Gasteiger partial charge in [0, 0.05) is 12.7 Å². The number of nitrogens with zero attached hydrogens (tertiary/aromatic N) is 3. The molecular weight excluding hydrogens is 417 g/mol. The Morgan fingerprint density at radius 3 is 2.52 bits per heavy atom. The predicted octanol–water partition coefficient (Wildman–Crippen LogP) is 3.38. The second kappa shape index (κ2) is 8.31. The molecule has 2 aromatic heterocycles. The van der Waals surface area contributed by atoms with Gasteiger partial charge in [-0.05, 0) is 53.8 Å². The standard InChI is InChI=1S/C23H20FN3O3S/c1-15-4-3-5-18(12-15)25(2)20(28)14-26-19-10-11-31-21(19)22(29)27(23(26)30)13-16-6-8-17(24)9-7-16/h3-12H,13-14H2,1-2H3. The number of carbonyl (C=O) groups excluding carboxylic acids is 1. The van der Waals surface area contributed by atoms with Crippen molar-refractivity contribution in [2.75, 3.05) is 11.9 Å². The first-order chi connectivity index (χ1) is 14.8. The molecule has 0 aliphatic carbocycles. The molecule has 0 radical (unpaired) electrons. The Balaban J connectivity index is 1.74. The third kappa shape index (κ3) is 4.06. The van der Waals surface area contributed by atoms with Crippen LogP contribution >= 0.6 is 11.3 Å². The van der Waals surface area contributed by atoms with Crippen molar-refractivity contribution in [1.29, 1.82) is 0 Å². The van der Waals surface area contributed by atoms with Crippen LogP contribution in [0.5, 0.6) is 0 Å². The van der Waals surface area contributed by atoms with E-state index in [4.69, 9.17) is 0 Å². The maximum Gasteiger partial charge on any atom is 0.332 e. The van der Waals surface area contributed by atoms with Crippen LogP contribution in [0.15, 0.2) is 69.6 Å². The molecule has 4 aromatic rings. The highest BCUT2D eigenvalue weighted by atomic mass is 32.1. The molecule has 6 nitrogen and oxygen atoms in total. The zero-order valence-electron chi connectivity index (χ0n) is 17.0. The monoisotopic (exact) mass is 437 g/mol. The Morgan fingerprint density at radius 1 is 1.06 bits per heavy atom. The summed E-state index contributed by atoms with van der Waals surface area (Å²) in [7, 11) is 1.65. The predicted molar refractivity (Wildman–Crippen MR) is 120 cm³/mol. The maximum atomic E-state index is 13.2. The summed E-state index contributed by atoms with van der Waals surface area (Å²) in [6.07, 6.45) is 0. The van der Waals surface area contributed by atoms with Gasteiger partial charge in [-0.1, -0.05) is 24.3 Å². The second-order valence-electron chi connectivity index (χ2n) is 7.31. The van der Waals surface area contributed by atoms with Gasteiger partial charge >= 0.3 is 5.69 Å². The van der Waals surface area contributed by atoms with E-state index in [0.717, 1.165) is 15.8 Å². The number of hydrogen-bond donors (Lipinski definition) is 0. The number of fused-ring (bicyclic) bond motifs is 1. The summed E-state index contributed by atoms with van der Waals surface area (Å²) >= 11 is 1.22. The molecule has 1 amide bonds. The van der Waals surface area contributed by atoms with Crippen molar-refractivity contribution in [2.45, 2.75) is 20.0 Å². The molecule has 2 heterocycles. The van der Waals surface area contributed by atoms with E-state index in [1.165, 1.54) is 45.1 Å². The fraction of sp³-hybridized carbons (Fsp3) is 0.174. The average molecular weight is 437 g/mol. The highest BCUT2D eigenvalue weighted by molar-refractivity contribution is 7.17. The summed E-state index contributed by atoms with van der Waals surface area (Å²) in [4.78, 5) is 40.6. The quantitative estimate of drug-likeness (QED) is 0.481. The van der Waals surface area contributed by atoms with E-state index >= 15 is 0 Å². The molecule has 0 saturated heterocycles. The molecule has 0 spiro atoms. The van der Waals surface area contributed by atoms with E-state index in [1.54, 1.807) is 18.5 Å². The first-order valence-electron chi connectivity index (χ1n) is 9.63. The Hall–Kier alpha value is -3.52. The third-order valence-corrected chi connectivity index (χ3v) is 6.04. The Bertz CT molecular complexity index is 1390. The number of aromatic nitrogens is 2. The number of halogens is 1. The molecule has 0 saturated carbocycles. The molecule has 4 rings (SSSR count). The minimum absolute atomic E-state index is 0.00625. The summed E-state index contributed by atoms with van der Waals surface area (Å²) in [5, 5.41) is 1.72. The Kier molecular flexibility index (Phi) is 5.56. The lowest BCUT2D eigenvalue weighted by atomic mass is 10.2. The fourth-order valence-electron chi connectivity index (χ4n) is 3.42. The number of anilines is 1. The van der Waals surface area contributed by atoms with Crippen molar-refractivity contribution in [3.63, 3.8) is 0 Å². The molecule has 158 valence electrons. The van der Waals surface area contributed by atoms with Gasteiger partial charge < -0.3 is 4.90 Å². The summed E-state index contributed by atoms with van der Waals surface area (Å²) in [6, 6.07) is 14.8. The van der Waals surface area contributed by atoms with Crippen LogP contribution in [0.25, 0.3) is 10.2 Å². The number of likely N-dealkylation sites (N-methyl/N-ethyl adjacent to an activating group) is 1. The Morgan fingerprint density at radius 2 is 1.81 bits per heavy atom. The highest BCUT2D eigenvalue weighted by Gasteiger charge is 2.19. The van der Waals surface area contributed by atoms with Crippen LogP contribution in [0.1, 0.15) is 11.1 Å². The number of benzene rings is 2. The summed E-state index contributed by atoms with van der Waals surface area (Å²) in [5.74, 6) is -0.681. The number of rotatable bonds is 5. The molecule has 0 bridgehead atoms. The van der Waals surface area contributed by atoms with E-state index < -0.39 is 17.1 Å². The van der Waals surface area contributed by atoms with Crippen LogP contribution in [0.4, 0.5) is 10.1 Å². The van der Waals surface area contributed by atoms with E-state index in [9.17, 15) is 18.8 Å². The van der Waals surface area contributed by atoms with E-state index in [-0.39, 0.29) is 19.0 Å².